The maximum atomic E-state index is 14.8. The Morgan fingerprint density at radius 3 is 2.81 bits per heavy atom. The maximum Gasteiger partial charge on any atom is 0.381 e. The van der Waals surface area contributed by atoms with Gasteiger partial charge in [0.25, 0.3) is 12.0 Å². The Morgan fingerprint density at radius 2 is 2.09 bits per heavy atom. The van der Waals surface area contributed by atoms with E-state index in [9.17, 15) is 32.3 Å². The third-order valence-corrected chi connectivity index (χ3v) is 7.16. The summed E-state index contributed by atoms with van der Waals surface area (Å²) in [6, 6.07) is 6.63. The van der Waals surface area contributed by atoms with Crippen LogP contribution in [0.15, 0.2) is 40.1 Å². The van der Waals surface area contributed by atoms with Gasteiger partial charge < -0.3 is 14.4 Å². The lowest BCUT2D eigenvalue weighted by Crippen LogP contribution is -2.52. The largest absolute Gasteiger partial charge is 0.424 e. The first-order valence-corrected chi connectivity index (χ1v) is 11.6. The van der Waals surface area contributed by atoms with Crippen LogP contribution in [0.25, 0.3) is 0 Å². The van der Waals surface area contributed by atoms with Gasteiger partial charge in [0.2, 0.25) is 5.82 Å². The van der Waals surface area contributed by atoms with E-state index in [4.69, 9.17) is 30.1 Å². The number of hydrogen-bond acceptors (Lipinski definition) is 8. The molecule has 0 saturated carbocycles. The number of hydrogen-bond donors (Lipinski definition) is 2. The predicted octanol–water partition coefficient (Wildman–Crippen LogP) is 1.76. The average molecular weight is 498 g/mol. The van der Waals surface area contributed by atoms with Crippen LogP contribution in [0.3, 0.4) is 0 Å². The molecule has 0 amide bonds. The molecule has 5 atom stereocenters. The number of rotatable bonds is 5. The molecule has 32 heavy (non-hydrogen) atoms. The van der Waals surface area contributed by atoms with Crippen molar-refractivity contribution >= 4 is 18.5 Å². The molecule has 0 radical (unpaired) electrons. The molecule has 3 heterocycles. The van der Waals surface area contributed by atoms with Gasteiger partial charge in [0.05, 0.1) is 19.4 Å². The molecule has 1 aromatic heterocycles. The number of aromatic nitrogens is 2. The van der Waals surface area contributed by atoms with Crippen molar-refractivity contribution in [2.75, 3.05) is 6.61 Å². The molecule has 174 valence electrons. The Labute approximate surface area is 181 Å². The van der Waals surface area contributed by atoms with E-state index in [1.807, 2.05) is 0 Å². The van der Waals surface area contributed by atoms with Gasteiger partial charge in [-0.05, 0) is 6.07 Å². The van der Waals surface area contributed by atoms with E-state index in [-0.39, 0.29) is 11.2 Å². The highest BCUT2D eigenvalue weighted by molar-refractivity contribution is 8.07. The first-order valence-electron chi connectivity index (χ1n) is 9.02. The number of aromatic amines is 1. The van der Waals surface area contributed by atoms with Crippen molar-refractivity contribution in [2.24, 2.45) is 0 Å². The van der Waals surface area contributed by atoms with E-state index in [2.05, 4.69) is 0 Å². The van der Waals surface area contributed by atoms with Crippen molar-refractivity contribution in [1.82, 2.24) is 9.55 Å². The van der Waals surface area contributed by atoms with E-state index in [0.29, 0.717) is 17.5 Å². The fourth-order valence-corrected chi connectivity index (χ4v) is 5.07. The number of para-hydroxylation sites is 1. The highest BCUT2D eigenvalue weighted by Crippen LogP contribution is 2.56. The minimum absolute atomic E-state index is 0.0288. The van der Waals surface area contributed by atoms with Crippen molar-refractivity contribution in [3.63, 3.8) is 0 Å². The molecule has 2 aliphatic rings. The summed E-state index contributed by atoms with van der Waals surface area (Å²) in [4.78, 5) is 24.7. The lowest BCUT2D eigenvalue weighted by atomic mass is 9.97. The van der Waals surface area contributed by atoms with E-state index < -0.39 is 60.9 Å². The normalized spacial score (nSPS) is 32.0. The van der Waals surface area contributed by atoms with Crippen molar-refractivity contribution in [1.29, 1.82) is 0 Å². The van der Waals surface area contributed by atoms with Gasteiger partial charge in [-0.1, -0.05) is 18.2 Å². The van der Waals surface area contributed by atoms with Crippen molar-refractivity contribution in [3.8, 4) is 5.75 Å². The second kappa shape index (κ2) is 8.36. The van der Waals surface area contributed by atoms with Crippen LogP contribution in [0.4, 0.5) is 17.6 Å². The first kappa shape index (κ1) is 23.1. The molecule has 9 nitrogen and oxygen atoms in total. The Kier molecular flexibility index (Phi) is 6.03. The SMILES string of the molecule is O=c1[nH]c(=O)n([C@@H]2O[C@@](COP3(=S)OCc4ccccc4O3)(C(F)F)[C@@H](O)[C@@H]2F)cc1F. The number of H-pyrrole nitrogens is 1. The van der Waals surface area contributed by atoms with Crippen LogP contribution in [-0.4, -0.2) is 45.6 Å². The topological polar surface area (TPSA) is 112 Å². The standard InChI is InChI=1S/C17H15F4N2O7PS/c18-9-5-23(16(26)22-13(9)25)14-11(19)12(24)17(29-14,15(20)21)7-28-31(32)27-6-8-3-1-2-4-10(8)30-31/h1-5,11-12,14-15,24H,6-7H2,(H,22,25,26)/t11-,12-,14+,17+,31?/m0/s1. The van der Waals surface area contributed by atoms with E-state index in [1.165, 1.54) is 0 Å². The third-order valence-electron chi connectivity index (χ3n) is 4.99. The molecular formula is C17H15F4N2O7PS. The zero-order valence-electron chi connectivity index (χ0n) is 15.8. The fourth-order valence-electron chi connectivity index (χ4n) is 3.26. The van der Waals surface area contributed by atoms with Gasteiger partial charge in [0.1, 0.15) is 11.9 Å². The second-order valence-electron chi connectivity index (χ2n) is 6.99. The molecule has 4 rings (SSSR count). The predicted molar refractivity (Wildman–Crippen MR) is 103 cm³/mol. The molecule has 2 aliphatic heterocycles. The van der Waals surface area contributed by atoms with Gasteiger partial charge in [-0.3, -0.25) is 23.4 Å². The molecule has 0 spiro atoms. The number of benzene rings is 1. The van der Waals surface area contributed by atoms with Gasteiger partial charge in [-0.25, -0.2) is 18.0 Å². The van der Waals surface area contributed by atoms with E-state index in [0.717, 1.165) is 0 Å². The number of alkyl halides is 3. The van der Waals surface area contributed by atoms with Crippen molar-refractivity contribution < 1.29 is 41.0 Å². The van der Waals surface area contributed by atoms with E-state index in [1.54, 1.807) is 29.2 Å². The highest BCUT2D eigenvalue weighted by Gasteiger charge is 2.62. The summed E-state index contributed by atoms with van der Waals surface area (Å²) in [7, 11) is 0. The number of fused-ring (bicyclic) bond motifs is 1. The lowest BCUT2D eigenvalue weighted by molar-refractivity contribution is -0.193. The number of aliphatic hydroxyl groups is 1. The van der Waals surface area contributed by atoms with Crippen LogP contribution >= 0.6 is 6.72 Å². The molecule has 0 aliphatic carbocycles. The molecule has 2 N–H and O–H groups in total. The summed E-state index contributed by atoms with van der Waals surface area (Å²) in [6.07, 6.45) is -10.5. The molecule has 1 unspecified atom stereocenters. The minimum atomic E-state index is -3.63. The highest BCUT2D eigenvalue weighted by atomic mass is 32.5. The zero-order valence-corrected chi connectivity index (χ0v) is 17.5. The maximum absolute atomic E-state index is 14.8. The molecule has 2 aromatic rings. The lowest BCUT2D eigenvalue weighted by Gasteiger charge is -2.34. The Hall–Kier alpha value is -2.09. The van der Waals surface area contributed by atoms with Crippen LogP contribution in [0.5, 0.6) is 5.75 Å². The Balaban J connectivity index is 1.60. The van der Waals surface area contributed by atoms with Gasteiger partial charge in [-0.2, -0.15) is 4.39 Å². The number of nitrogens with zero attached hydrogens (tertiary/aromatic N) is 1. The summed E-state index contributed by atoms with van der Waals surface area (Å²) in [5.74, 6) is -1.17. The summed E-state index contributed by atoms with van der Waals surface area (Å²) >= 11 is 5.17. The van der Waals surface area contributed by atoms with Gasteiger partial charge in [0.15, 0.2) is 18.0 Å². The summed E-state index contributed by atoms with van der Waals surface area (Å²) in [5, 5.41) is 10.3. The Bertz CT molecular complexity index is 1190. The fraction of sp³-hybridized carbons (Fsp3) is 0.412. The first-order chi connectivity index (χ1) is 15.1. The monoisotopic (exact) mass is 498 g/mol. The van der Waals surface area contributed by atoms with Crippen LogP contribution < -0.4 is 15.8 Å². The number of ether oxygens (including phenoxy) is 1. The molecule has 1 saturated heterocycles. The smallest absolute Gasteiger partial charge is 0.381 e. The van der Waals surface area contributed by atoms with Crippen LogP contribution in [0, 0.1) is 5.82 Å². The van der Waals surface area contributed by atoms with E-state index >= 15 is 0 Å². The molecular weight excluding hydrogens is 483 g/mol. The summed E-state index contributed by atoms with van der Waals surface area (Å²) in [6.45, 7) is -4.82. The van der Waals surface area contributed by atoms with Crippen molar-refractivity contribution in [3.05, 3.63) is 62.7 Å². The molecule has 1 fully saturated rings. The van der Waals surface area contributed by atoms with Crippen LogP contribution in [0.1, 0.15) is 11.8 Å². The third kappa shape index (κ3) is 3.91. The number of aliphatic hydroxyl groups excluding tert-OH is 1. The van der Waals surface area contributed by atoms with Gasteiger partial charge in [0, 0.05) is 17.4 Å². The molecule has 1 aromatic carbocycles. The summed E-state index contributed by atoms with van der Waals surface area (Å²) in [5.41, 5.74) is -5.08. The second-order valence-corrected chi connectivity index (χ2v) is 9.93. The van der Waals surface area contributed by atoms with Gasteiger partial charge in [-0.15, -0.1) is 0 Å². The zero-order chi connectivity index (χ0) is 23.3. The molecule has 0 bridgehead atoms. The molecule has 15 heteroatoms. The number of halogens is 4. The van der Waals surface area contributed by atoms with Crippen LogP contribution in [-0.2, 0) is 32.2 Å². The van der Waals surface area contributed by atoms with Crippen LogP contribution in [0.2, 0.25) is 0 Å². The van der Waals surface area contributed by atoms with Crippen molar-refractivity contribution in [2.45, 2.75) is 37.1 Å². The number of nitrogens with one attached hydrogen (secondary N) is 1. The van der Waals surface area contributed by atoms with Gasteiger partial charge >= 0.3 is 12.4 Å². The summed E-state index contributed by atoms with van der Waals surface area (Å²) < 4.78 is 77.8. The Morgan fingerprint density at radius 1 is 1.38 bits per heavy atom. The quantitative estimate of drug-likeness (QED) is 0.474. The average Bonchev–Trinajstić information content (AvgIpc) is 3.01. The minimum Gasteiger partial charge on any atom is -0.424 e.